The second-order valence-corrected chi connectivity index (χ2v) is 6.46. The number of hydrogen-bond acceptors (Lipinski definition) is 7. The molecule has 2 aromatic carbocycles. The van der Waals surface area contributed by atoms with E-state index in [1.54, 1.807) is 55.5 Å². The third kappa shape index (κ3) is 4.55. The Hall–Kier alpha value is -4.14. The van der Waals surface area contributed by atoms with Gasteiger partial charge in [0.2, 0.25) is 5.88 Å². The van der Waals surface area contributed by atoms with Crippen molar-refractivity contribution in [2.45, 2.75) is 13.8 Å². The number of benzene rings is 2. The van der Waals surface area contributed by atoms with E-state index in [9.17, 15) is 19.5 Å². The third-order valence-corrected chi connectivity index (χ3v) is 4.45. The van der Waals surface area contributed by atoms with E-state index in [0.29, 0.717) is 22.7 Å². The molecular weight excluding hydrogens is 402 g/mol. The highest BCUT2D eigenvalue weighted by atomic mass is 16.5. The van der Waals surface area contributed by atoms with E-state index in [2.05, 4.69) is 9.98 Å². The van der Waals surface area contributed by atoms with Crippen LogP contribution >= 0.6 is 0 Å². The summed E-state index contributed by atoms with van der Waals surface area (Å²) in [5.74, 6) is -0.413. The molecule has 0 saturated carbocycles. The SMILES string of the molecule is CCOC(=O)c1ccc(N=C(C)c2c(O)n(-c3ccc(OC)cc3)c(=O)[nH]c2=O)cc1. The zero-order valence-electron chi connectivity index (χ0n) is 17.2. The van der Waals surface area contributed by atoms with Crippen LogP contribution in [0.4, 0.5) is 5.69 Å². The predicted molar refractivity (Wildman–Crippen MR) is 115 cm³/mol. The van der Waals surface area contributed by atoms with E-state index in [4.69, 9.17) is 9.47 Å². The number of nitrogens with zero attached hydrogens (tertiary/aromatic N) is 2. The van der Waals surface area contributed by atoms with Crippen molar-refractivity contribution in [2.75, 3.05) is 13.7 Å². The van der Waals surface area contributed by atoms with Gasteiger partial charge in [0.25, 0.3) is 5.56 Å². The van der Waals surface area contributed by atoms with E-state index in [1.165, 1.54) is 14.0 Å². The van der Waals surface area contributed by atoms with Gasteiger partial charge in [-0.15, -0.1) is 0 Å². The van der Waals surface area contributed by atoms with Gasteiger partial charge in [-0.1, -0.05) is 0 Å². The lowest BCUT2D eigenvalue weighted by Crippen LogP contribution is -2.32. The fourth-order valence-electron chi connectivity index (χ4n) is 2.96. The molecule has 0 amide bonds. The molecular formula is C22H21N3O6. The molecule has 0 saturated heterocycles. The Kier molecular flexibility index (Phi) is 6.35. The van der Waals surface area contributed by atoms with Crippen LogP contribution in [0.1, 0.15) is 29.8 Å². The molecule has 9 heteroatoms. The largest absolute Gasteiger partial charge is 0.497 e. The van der Waals surface area contributed by atoms with Crippen molar-refractivity contribution in [3.8, 4) is 17.3 Å². The Bertz CT molecular complexity index is 1240. The molecule has 0 aliphatic rings. The number of carbonyl (C=O) groups is 1. The fourth-order valence-corrected chi connectivity index (χ4v) is 2.96. The summed E-state index contributed by atoms with van der Waals surface area (Å²) in [6.45, 7) is 3.52. The molecule has 0 aliphatic heterocycles. The van der Waals surface area contributed by atoms with Gasteiger partial charge in [0.15, 0.2) is 0 Å². The summed E-state index contributed by atoms with van der Waals surface area (Å²) in [4.78, 5) is 43.0. The van der Waals surface area contributed by atoms with Crippen LogP contribution in [-0.2, 0) is 4.74 Å². The fraction of sp³-hybridized carbons (Fsp3) is 0.182. The molecule has 3 rings (SSSR count). The maximum absolute atomic E-state index is 12.4. The van der Waals surface area contributed by atoms with Crippen LogP contribution in [0.15, 0.2) is 63.1 Å². The maximum atomic E-state index is 12.4. The summed E-state index contributed by atoms with van der Waals surface area (Å²) in [5.41, 5.74) is -0.361. The molecule has 31 heavy (non-hydrogen) atoms. The van der Waals surface area contributed by atoms with Crippen molar-refractivity contribution in [2.24, 2.45) is 4.99 Å². The summed E-state index contributed by atoms with van der Waals surface area (Å²) in [6.07, 6.45) is 0. The number of ether oxygens (including phenoxy) is 2. The second-order valence-electron chi connectivity index (χ2n) is 6.46. The van der Waals surface area contributed by atoms with E-state index >= 15 is 0 Å². The molecule has 0 spiro atoms. The van der Waals surface area contributed by atoms with Crippen molar-refractivity contribution in [3.63, 3.8) is 0 Å². The normalized spacial score (nSPS) is 11.3. The minimum atomic E-state index is -0.789. The van der Waals surface area contributed by atoms with Crippen molar-refractivity contribution >= 4 is 17.4 Å². The van der Waals surface area contributed by atoms with Crippen LogP contribution in [0.3, 0.4) is 0 Å². The minimum Gasteiger partial charge on any atom is -0.497 e. The lowest BCUT2D eigenvalue weighted by Gasteiger charge is -2.12. The molecule has 0 aliphatic carbocycles. The van der Waals surface area contributed by atoms with Gasteiger partial charge in [0.05, 0.1) is 36.4 Å². The summed E-state index contributed by atoms with van der Waals surface area (Å²) >= 11 is 0. The maximum Gasteiger partial charge on any atom is 0.338 e. The van der Waals surface area contributed by atoms with E-state index in [0.717, 1.165) is 4.57 Å². The molecule has 1 heterocycles. The summed E-state index contributed by atoms with van der Waals surface area (Å²) in [7, 11) is 1.51. The summed E-state index contributed by atoms with van der Waals surface area (Å²) in [5, 5.41) is 10.7. The van der Waals surface area contributed by atoms with Crippen LogP contribution in [0.25, 0.3) is 5.69 Å². The quantitative estimate of drug-likeness (QED) is 0.464. The number of aromatic hydroxyl groups is 1. The molecule has 0 unspecified atom stereocenters. The molecule has 1 aromatic heterocycles. The molecule has 0 radical (unpaired) electrons. The Morgan fingerprint density at radius 2 is 1.74 bits per heavy atom. The predicted octanol–water partition coefficient (Wildman–Crippen LogP) is 2.56. The van der Waals surface area contributed by atoms with Gasteiger partial charge in [-0.3, -0.25) is 14.8 Å². The van der Waals surface area contributed by atoms with Crippen molar-refractivity contribution in [1.82, 2.24) is 9.55 Å². The topological polar surface area (TPSA) is 123 Å². The number of aliphatic imine (C=N–C) groups is 1. The highest BCUT2D eigenvalue weighted by Gasteiger charge is 2.18. The highest BCUT2D eigenvalue weighted by Crippen LogP contribution is 2.21. The Balaban J connectivity index is 2.02. The van der Waals surface area contributed by atoms with E-state index < -0.39 is 23.1 Å². The van der Waals surface area contributed by atoms with Crippen LogP contribution in [0, 0.1) is 0 Å². The first kappa shape index (κ1) is 21.6. The molecule has 2 N–H and O–H groups in total. The van der Waals surface area contributed by atoms with Gasteiger partial charge < -0.3 is 14.6 Å². The average molecular weight is 423 g/mol. The average Bonchev–Trinajstić information content (AvgIpc) is 2.74. The van der Waals surface area contributed by atoms with Crippen molar-refractivity contribution in [1.29, 1.82) is 0 Å². The minimum absolute atomic E-state index is 0.148. The number of hydrogen-bond donors (Lipinski definition) is 2. The third-order valence-electron chi connectivity index (χ3n) is 4.45. The van der Waals surface area contributed by atoms with Crippen molar-refractivity contribution in [3.05, 3.63) is 80.5 Å². The molecule has 0 bridgehead atoms. The first-order chi connectivity index (χ1) is 14.8. The number of aromatic amines is 1. The van der Waals surface area contributed by atoms with Crippen LogP contribution in [0.2, 0.25) is 0 Å². The summed E-state index contributed by atoms with van der Waals surface area (Å²) < 4.78 is 11.0. The smallest absolute Gasteiger partial charge is 0.338 e. The Labute approximate surface area is 177 Å². The van der Waals surface area contributed by atoms with Crippen LogP contribution in [-0.4, -0.2) is 40.1 Å². The molecule has 160 valence electrons. The number of H-pyrrole nitrogens is 1. The van der Waals surface area contributed by atoms with Gasteiger partial charge in [0, 0.05) is 0 Å². The second kappa shape index (κ2) is 9.12. The van der Waals surface area contributed by atoms with Gasteiger partial charge in [-0.05, 0) is 62.4 Å². The van der Waals surface area contributed by atoms with Crippen molar-refractivity contribution < 1.29 is 19.4 Å². The lowest BCUT2D eigenvalue weighted by molar-refractivity contribution is 0.0526. The number of carbonyl (C=O) groups excluding carboxylic acids is 1. The summed E-state index contributed by atoms with van der Waals surface area (Å²) in [6, 6.07) is 12.7. The zero-order chi connectivity index (χ0) is 22.5. The number of aromatic nitrogens is 2. The van der Waals surface area contributed by atoms with Crippen LogP contribution in [0.5, 0.6) is 11.6 Å². The number of esters is 1. The van der Waals surface area contributed by atoms with Gasteiger partial charge in [-0.2, -0.15) is 0 Å². The first-order valence-electron chi connectivity index (χ1n) is 9.41. The van der Waals surface area contributed by atoms with Crippen LogP contribution < -0.4 is 16.0 Å². The molecule has 0 fully saturated rings. The molecule has 9 nitrogen and oxygen atoms in total. The zero-order valence-corrected chi connectivity index (χ0v) is 17.2. The number of rotatable bonds is 6. The van der Waals surface area contributed by atoms with Gasteiger partial charge in [-0.25, -0.2) is 14.2 Å². The molecule has 3 aromatic rings. The van der Waals surface area contributed by atoms with E-state index in [-0.39, 0.29) is 17.9 Å². The lowest BCUT2D eigenvalue weighted by atomic mass is 10.2. The Morgan fingerprint density at radius 1 is 1.10 bits per heavy atom. The molecule has 0 atom stereocenters. The number of nitrogens with one attached hydrogen (secondary N) is 1. The first-order valence-corrected chi connectivity index (χ1v) is 9.41. The van der Waals surface area contributed by atoms with E-state index in [1.807, 2.05) is 0 Å². The monoisotopic (exact) mass is 423 g/mol. The Morgan fingerprint density at radius 3 is 2.32 bits per heavy atom. The standard InChI is InChI=1S/C22H21N3O6/c1-4-31-21(28)14-5-7-15(8-6-14)23-13(2)18-19(26)24-22(29)25(20(18)27)16-9-11-17(30-3)12-10-16/h5-12,27H,4H2,1-3H3,(H,24,26,29). The van der Waals surface area contributed by atoms with Gasteiger partial charge in [0.1, 0.15) is 11.3 Å². The highest BCUT2D eigenvalue weighted by molar-refractivity contribution is 6.02. The number of methoxy groups -OCH3 is 1. The van der Waals surface area contributed by atoms with Gasteiger partial charge >= 0.3 is 11.7 Å².